The van der Waals surface area contributed by atoms with E-state index in [4.69, 9.17) is 52.9 Å². The maximum absolute atomic E-state index is 12.7. The second kappa shape index (κ2) is 22.7. The highest BCUT2D eigenvalue weighted by atomic mass is 16.8. The van der Waals surface area contributed by atoms with E-state index in [1.807, 2.05) is 6.92 Å². The zero-order valence-electron chi connectivity index (χ0n) is 36.2. The molecule has 5 aliphatic heterocycles. The van der Waals surface area contributed by atoms with Crippen molar-refractivity contribution < 1.29 is 87.6 Å². The minimum atomic E-state index is -1.82. The number of hydrogen-bond acceptors (Lipinski definition) is 20. The average molecular weight is 918 g/mol. The number of carboxylic acids is 1. The summed E-state index contributed by atoms with van der Waals surface area (Å²) in [6, 6.07) is -3.25. The highest BCUT2D eigenvalue weighted by Gasteiger charge is 2.56. The second-order valence-corrected chi connectivity index (χ2v) is 17.0. The van der Waals surface area contributed by atoms with Gasteiger partial charge in [-0.3, -0.25) is 4.79 Å². The van der Waals surface area contributed by atoms with Crippen LogP contribution in [0.5, 0.6) is 0 Å². The molecule has 5 saturated heterocycles. The molecular weight excluding hydrogens is 858 g/mol. The molecule has 5 heterocycles. The topological polar surface area (TPSA) is 394 Å². The number of hydrogen-bond donors (Lipinski definition) is 6. The smallest absolute Gasteiger partial charge is 0.335 e. The molecule has 0 amide bonds. The third kappa shape index (κ3) is 10.6. The van der Waals surface area contributed by atoms with Crippen LogP contribution in [-0.2, 0) is 57.0 Å². The third-order valence-electron chi connectivity index (χ3n) is 13.4. The van der Waals surface area contributed by atoms with Crippen molar-refractivity contribution in [2.45, 2.75) is 165 Å². The van der Waals surface area contributed by atoms with Crippen LogP contribution in [0.25, 0.3) is 31.3 Å². The number of aliphatic hydroxyl groups is 5. The zero-order chi connectivity index (χ0) is 47.2. The first-order valence-corrected chi connectivity index (χ1v) is 21.0. The largest absolute Gasteiger partial charge is 0.479 e. The Morgan fingerprint density at radius 3 is 1.67 bits per heavy atom. The van der Waals surface area contributed by atoms with Crippen LogP contribution in [0.3, 0.4) is 0 Å². The van der Waals surface area contributed by atoms with Crippen molar-refractivity contribution >= 4 is 12.4 Å². The molecule has 0 aromatic carbocycles. The molecule has 0 radical (unpaired) electrons. The molecule has 27 nitrogen and oxygen atoms in total. The third-order valence-corrected chi connectivity index (χ3v) is 13.4. The highest BCUT2D eigenvalue weighted by Crippen LogP contribution is 2.42. The number of nitrogens with zero attached hydrogens (tertiary/aromatic N) is 9. The van der Waals surface area contributed by atoms with Crippen molar-refractivity contribution in [2.24, 2.45) is 50.9 Å². The summed E-state index contributed by atoms with van der Waals surface area (Å²) in [6.45, 7) is 10.1. The number of carbonyl (C=O) groups is 2. The van der Waals surface area contributed by atoms with Crippen molar-refractivity contribution in [1.82, 2.24) is 0 Å². The van der Waals surface area contributed by atoms with Crippen LogP contribution in [0.4, 0.5) is 0 Å². The summed E-state index contributed by atoms with van der Waals surface area (Å²) in [4.78, 5) is 33.1. The number of ether oxygens (including phenoxy) is 10. The van der Waals surface area contributed by atoms with Crippen LogP contribution in [0.15, 0.2) is 15.3 Å². The van der Waals surface area contributed by atoms with Crippen molar-refractivity contribution in [2.75, 3.05) is 19.8 Å². The Morgan fingerprint density at radius 2 is 1.08 bits per heavy atom. The monoisotopic (exact) mass is 917 g/mol. The molecule has 27 heteroatoms. The summed E-state index contributed by atoms with van der Waals surface area (Å²) >= 11 is 0. The van der Waals surface area contributed by atoms with E-state index in [0.717, 1.165) is 0 Å². The summed E-state index contributed by atoms with van der Waals surface area (Å²) in [5.41, 5.74) is 28.0. The predicted molar refractivity (Wildman–Crippen MR) is 210 cm³/mol. The molecule has 0 saturated carbocycles. The standard InChI is InChI=1S/C37H59N9O18/c1-12-13(2)23(42-45-39)34(57-19(12)8-47)60-28-14(3)15(4)33(63-31(28)32(53)54)62-30-21(10-49)58-35(24(26(30)52)43-46-40)61-29-17(6)25(51)36(64-37(29)55-11-50)59-27-16(5)22(41-44-38)18(7)56-20(27)9-48/h11-31,33-37,47-49,51-52H,8-10H2,1-7H3,(H,53,54)/t12-,13-,14+,15?,16+,17+,18+,19?,20?,21?,22?,23?,24?,25?,26+,27-,28-,29-,30+,31?,33+,34+,35+,36+,37?/m0/s1. The Bertz CT molecular complexity index is 1730. The first-order chi connectivity index (χ1) is 30.5. The minimum Gasteiger partial charge on any atom is -0.479 e. The first-order valence-electron chi connectivity index (χ1n) is 21.0. The molecule has 5 rings (SSSR count). The molecule has 6 N–H and O–H groups in total. The SMILES string of the molecule is CC1[C@H](O[C@@H]2C(CO)O[C@H](O[C@@H]3C(OC=O)O[C@@H](O[C@@H]4C(CO)O[C@H](C)C(N=[N+]=[N-])[C@H]4C)C(O)[C@H]3C)C(N=[N+]=[N-])[C@H]2O)OC(C(=O)O)[C@@H](O[C@H]2OC(CO)[C@@H](C)[C@H](C)C2N=[N+]=[N-])[C@@H]1C. The maximum atomic E-state index is 12.7. The normalized spacial score (nSPS) is 47.2. The number of carbonyl (C=O) groups excluding carboxylic acids is 1. The van der Waals surface area contributed by atoms with Crippen LogP contribution >= 0.6 is 0 Å². The first kappa shape index (κ1) is 51.3. The van der Waals surface area contributed by atoms with Gasteiger partial charge in [0.05, 0.1) is 56.3 Å². The van der Waals surface area contributed by atoms with Gasteiger partial charge in [-0.1, -0.05) is 56.9 Å². The summed E-state index contributed by atoms with van der Waals surface area (Å²) in [7, 11) is 0. The van der Waals surface area contributed by atoms with Crippen molar-refractivity contribution in [3.63, 3.8) is 0 Å². The lowest BCUT2D eigenvalue weighted by Crippen LogP contribution is -2.65. The van der Waals surface area contributed by atoms with Crippen LogP contribution in [0.1, 0.15) is 48.5 Å². The fraction of sp³-hybridized carbons (Fsp3) is 0.946. The zero-order valence-corrected chi connectivity index (χ0v) is 36.2. The van der Waals surface area contributed by atoms with Crippen LogP contribution < -0.4 is 0 Å². The molecular formula is C37H59N9O18. The quantitative estimate of drug-likeness (QED) is 0.0512. The lowest BCUT2D eigenvalue weighted by Gasteiger charge is -2.50. The van der Waals surface area contributed by atoms with Gasteiger partial charge in [-0.05, 0) is 47.2 Å². The van der Waals surface area contributed by atoms with E-state index in [0.29, 0.717) is 0 Å². The fourth-order valence-corrected chi connectivity index (χ4v) is 9.13. The summed E-state index contributed by atoms with van der Waals surface area (Å²) in [5.74, 6) is -4.98. The molecule has 64 heavy (non-hydrogen) atoms. The minimum absolute atomic E-state index is 0.0481. The van der Waals surface area contributed by atoms with Gasteiger partial charge in [0.2, 0.25) is 6.29 Å². The Labute approximate surface area is 366 Å². The summed E-state index contributed by atoms with van der Waals surface area (Å²) in [5, 5.41) is 75.4. The second-order valence-electron chi connectivity index (χ2n) is 17.0. The van der Waals surface area contributed by atoms with E-state index >= 15 is 0 Å². The van der Waals surface area contributed by atoms with E-state index in [1.54, 1.807) is 34.6 Å². The van der Waals surface area contributed by atoms with E-state index in [2.05, 4.69) is 30.1 Å². The Kier molecular flexibility index (Phi) is 18.2. The van der Waals surface area contributed by atoms with Gasteiger partial charge in [-0.2, -0.15) is 0 Å². The number of rotatable bonds is 17. The Hall–Kier alpha value is -3.69. The van der Waals surface area contributed by atoms with Crippen LogP contribution in [0, 0.1) is 35.5 Å². The van der Waals surface area contributed by atoms with Crippen LogP contribution in [-0.4, -0.2) is 180 Å². The van der Waals surface area contributed by atoms with Gasteiger partial charge in [0.15, 0.2) is 31.3 Å². The van der Waals surface area contributed by atoms with Gasteiger partial charge in [0.25, 0.3) is 6.47 Å². The average Bonchev–Trinajstić information content (AvgIpc) is 3.27. The number of azide groups is 3. The molecule has 360 valence electrons. The van der Waals surface area contributed by atoms with Gasteiger partial charge in [0, 0.05) is 26.6 Å². The molecule has 0 bridgehead atoms. The van der Waals surface area contributed by atoms with E-state index in [-0.39, 0.29) is 24.9 Å². The fourth-order valence-electron chi connectivity index (χ4n) is 9.13. The van der Waals surface area contributed by atoms with Gasteiger partial charge >= 0.3 is 5.97 Å². The van der Waals surface area contributed by atoms with Crippen LogP contribution in [0.2, 0.25) is 0 Å². The summed E-state index contributed by atoms with van der Waals surface area (Å²) < 4.78 is 59.5. The Balaban J connectivity index is 1.32. The lowest BCUT2D eigenvalue weighted by atomic mass is 9.81. The van der Waals surface area contributed by atoms with E-state index in [1.165, 1.54) is 6.92 Å². The summed E-state index contributed by atoms with van der Waals surface area (Å²) in [6.07, 6.45) is -21.4. The molecule has 0 aliphatic carbocycles. The maximum Gasteiger partial charge on any atom is 0.335 e. The van der Waals surface area contributed by atoms with Crippen molar-refractivity contribution in [3.8, 4) is 0 Å². The molecule has 10 unspecified atom stereocenters. The number of aliphatic hydroxyl groups excluding tert-OH is 5. The van der Waals surface area contributed by atoms with E-state index < -0.39 is 160 Å². The van der Waals surface area contributed by atoms with Crippen molar-refractivity contribution in [3.05, 3.63) is 31.3 Å². The predicted octanol–water partition coefficient (Wildman–Crippen LogP) is 0.981. The molecule has 0 aromatic rings. The lowest BCUT2D eigenvalue weighted by molar-refractivity contribution is -0.383. The molecule has 5 fully saturated rings. The molecule has 25 atom stereocenters. The van der Waals surface area contributed by atoms with Crippen molar-refractivity contribution in [1.29, 1.82) is 0 Å². The molecule has 0 spiro atoms. The molecule has 0 aromatic heterocycles. The van der Waals surface area contributed by atoms with Gasteiger partial charge in [-0.25, -0.2) is 4.79 Å². The number of carboxylic acid groups (broad SMARTS) is 1. The Morgan fingerprint density at radius 1 is 0.547 bits per heavy atom. The number of aliphatic carboxylic acids is 1. The van der Waals surface area contributed by atoms with Gasteiger partial charge in [0.1, 0.15) is 42.7 Å². The van der Waals surface area contributed by atoms with Gasteiger partial charge in [-0.15, -0.1) is 0 Å². The molecule has 5 aliphatic rings. The highest BCUT2D eigenvalue weighted by molar-refractivity contribution is 5.73. The van der Waals surface area contributed by atoms with E-state index in [9.17, 15) is 51.3 Å². The van der Waals surface area contributed by atoms with Gasteiger partial charge < -0.3 is 78.0 Å².